The van der Waals surface area contributed by atoms with Gasteiger partial charge in [-0.3, -0.25) is 4.79 Å². The molecule has 8 nitrogen and oxygen atoms in total. The smallest absolute Gasteiger partial charge is 0.288 e. The van der Waals surface area contributed by atoms with Gasteiger partial charge in [0.15, 0.2) is 0 Å². The Morgan fingerprint density at radius 2 is 2.14 bits per heavy atom. The number of rotatable bonds is 1. The Kier molecular flexibility index (Phi) is 2.55. The predicted molar refractivity (Wildman–Crippen MR) is 74.3 cm³/mol. The highest BCUT2D eigenvalue weighted by atomic mass is 19.1. The molecule has 4 rings (SSSR count). The Labute approximate surface area is 123 Å². The van der Waals surface area contributed by atoms with E-state index in [-0.39, 0.29) is 11.6 Å². The van der Waals surface area contributed by atoms with E-state index in [9.17, 15) is 9.18 Å². The number of aromatic nitrogens is 6. The average molecular weight is 299 g/mol. The fraction of sp³-hybridized carbons (Fsp3) is 0.154. The number of nitrogens with zero attached hydrogens (tertiary/aromatic N) is 5. The second kappa shape index (κ2) is 4.45. The molecule has 0 spiro atoms. The molecule has 1 aliphatic heterocycles. The fourth-order valence-corrected chi connectivity index (χ4v) is 2.68. The molecule has 2 N–H and O–H groups in total. The van der Waals surface area contributed by atoms with E-state index >= 15 is 0 Å². The molecule has 0 unspecified atom stereocenters. The van der Waals surface area contributed by atoms with E-state index in [2.05, 4.69) is 31.0 Å². The molecule has 3 heterocycles. The van der Waals surface area contributed by atoms with Crippen LogP contribution in [0.4, 0.5) is 16.0 Å². The summed E-state index contributed by atoms with van der Waals surface area (Å²) in [5.41, 5.74) is 1.36. The van der Waals surface area contributed by atoms with Gasteiger partial charge in [-0.2, -0.15) is 9.78 Å². The van der Waals surface area contributed by atoms with Crippen LogP contribution in [0.25, 0.3) is 0 Å². The quantitative estimate of drug-likeness (QED) is 0.541. The lowest BCUT2D eigenvalue weighted by molar-refractivity contribution is 0.524. The Bertz CT molecular complexity index is 932. The zero-order valence-corrected chi connectivity index (χ0v) is 11.4. The number of nitrogens with one attached hydrogen (secondary N) is 2. The summed E-state index contributed by atoms with van der Waals surface area (Å²) in [4.78, 5) is 12.1. The summed E-state index contributed by atoms with van der Waals surface area (Å²) < 4.78 is 15.7. The molecule has 9 heteroatoms. The van der Waals surface area contributed by atoms with Gasteiger partial charge in [-0.05, 0) is 23.4 Å². The standard InChI is InChI=1S/C13H10FN7O/c1-6-9-10(12(22)17-16-6)15-13-18-19-20-21(13)11(9)7-4-2-3-5-8(7)14/h2-5,11H,1H3,(H,17,22)(H,15,18,20)/t11-/m1/s1. The summed E-state index contributed by atoms with van der Waals surface area (Å²) in [5.74, 6) is -0.127. The van der Waals surface area contributed by atoms with Crippen molar-refractivity contribution >= 4 is 11.6 Å². The highest BCUT2D eigenvalue weighted by molar-refractivity contribution is 5.64. The largest absolute Gasteiger partial charge is 0.318 e. The Hall–Kier alpha value is -3.10. The van der Waals surface area contributed by atoms with Gasteiger partial charge in [0.2, 0.25) is 5.95 Å². The molecule has 110 valence electrons. The first-order chi connectivity index (χ1) is 10.7. The third kappa shape index (κ3) is 1.65. The van der Waals surface area contributed by atoms with Crippen LogP contribution in [-0.4, -0.2) is 30.4 Å². The summed E-state index contributed by atoms with van der Waals surface area (Å²) in [6.07, 6.45) is 0. The van der Waals surface area contributed by atoms with Gasteiger partial charge < -0.3 is 5.32 Å². The molecular formula is C13H10FN7O. The molecule has 0 saturated heterocycles. The second-order valence-corrected chi connectivity index (χ2v) is 4.92. The van der Waals surface area contributed by atoms with Crippen LogP contribution in [0.1, 0.15) is 22.9 Å². The minimum Gasteiger partial charge on any atom is -0.318 e. The molecular weight excluding hydrogens is 289 g/mol. The van der Waals surface area contributed by atoms with Crippen molar-refractivity contribution in [2.75, 3.05) is 5.32 Å². The third-order valence-electron chi connectivity index (χ3n) is 3.66. The zero-order valence-electron chi connectivity index (χ0n) is 11.4. The number of hydrogen-bond acceptors (Lipinski definition) is 6. The molecule has 22 heavy (non-hydrogen) atoms. The Morgan fingerprint density at radius 3 is 2.95 bits per heavy atom. The van der Waals surface area contributed by atoms with Gasteiger partial charge >= 0.3 is 0 Å². The number of aromatic amines is 1. The summed E-state index contributed by atoms with van der Waals surface area (Å²) in [7, 11) is 0. The van der Waals surface area contributed by atoms with Crippen LogP contribution < -0.4 is 10.9 Å². The van der Waals surface area contributed by atoms with Crippen molar-refractivity contribution in [3.63, 3.8) is 0 Å². The van der Waals surface area contributed by atoms with Gasteiger partial charge in [0.1, 0.15) is 17.5 Å². The first-order valence-electron chi connectivity index (χ1n) is 6.55. The van der Waals surface area contributed by atoms with Crippen LogP contribution >= 0.6 is 0 Å². The van der Waals surface area contributed by atoms with Crippen LogP contribution in [0, 0.1) is 12.7 Å². The molecule has 1 aliphatic rings. The number of H-pyrrole nitrogens is 1. The van der Waals surface area contributed by atoms with Gasteiger partial charge in [-0.25, -0.2) is 9.49 Å². The van der Waals surface area contributed by atoms with E-state index < -0.39 is 17.4 Å². The lowest BCUT2D eigenvalue weighted by atomic mass is 9.95. The number of fused-ring (bicyclic) bond motifs is 2. The van der Waals surface area contributed by atoms with Crippen LogP contribution in [0.15, 0.2) is 29.1 Å². The summed E-state index contributed by atoms with van der Waals surface area (Å²) in [6.45, 7) is 1.74. The first kappa shape index (κ1) is 12.6. The number of halogens is 1. The first-order valence-corrected chi connectivity index (χ1v) is 6.55. The maximum Gasteiger partial charge on any atom is 0.288 e. The van der Waals surface area contributed by atoms with Crippen LogP contribution in [0.2, 0.25) is 0 Å². The maximum atomic E-state index is 14.3. The van der Waals surface area contributed by atoms with Gasteiger partial charge in [-0.15, -0.1) is 0 Å². The van der Waals surface area contributed by atoms with Gasteiger partial charge in [0, 0.05) is 11.1 Å². The van der Waals surface area contributed by atoms with E-state index in [0.29, 0.717) is 16.8 Å². The van der Waals surface area contributed by atoms with Crippen molar-refractivity contribution in [1.29, 1.82) is 0 Å². The van der Waals surface area contributed by atoms with Crippen molar-refractivity contribution in [2.45, 2.75) is 13.0 Å². The summed E-state index contributed by atoms with van der Waals surface area (Å²) in [6, 6.07) is 5.67. The molecule has 0 amide bonds. The number of tetrazole rings is 1. The Morgan fingerprint density at radius 1 is 1.32 bits per heavy atom. The number of hydrogen-bond donors (Lipinski definition) is 2. The molecule has 2 aromatic heterocycles. The molecule has 0 bridgehead atoms. The molecule has 0 saturated carbocycles. The molecule has 0 aliphatic carbocycles. The SMILES string of the molecule is Cc1n[nH]c(=O)c2c1[C@@H](c1ccccc1F)n1nnnc1N2. The normalized spacial score (nSPS) is 15.8. The van der Waals surface area contributed by atoms with E-state index in [0.717, 1.165) is 0 Å². The van der Waals surface area contributed by atoms with Crippen LogP contribution in [-0.2, 0) is 0 Å². The zero-order chi connectivity index (χ0) is 15.3. The lowest BCUT2D eigenvalue weighted by Crippen LogP contribution is -2.29. The van der Waals surface area contributed by atoms with Crippen LogP contribution in [0.3, 0.4) is 0 Å². The minimum atomic E-state index is -0.655. The molecule has 3 aromatic rings. The van der Waals surface area contributed by atoms with Crippen molar-refractivity contribution in [1.82, 2.24) is 30.4 Å². The minimum absolute atomic E-state index is 0.275. The van der Waals surface area contributed by atoms with Gasteiger partial charge in [0.25, 0.3) is 5.56 Å². The van der Waals surface area contributed by atoms with Crippen molar-refractivity contribution in [3.05, 3.63) is 57.3 Å². The van der Waals surface area contributed by atoms with E-state index in [4.69, 9.17) is 0 Å². The van der Waals surface area contributed by atoms with E-state index in [1.54, 1.807) is 25.1 Å². The van der Waals surface area contributed by atoms with Crippen molar-refractivity contribution in [2.24, 2.45) is 0 Å². The van der Waals surface area contributed by atoms with Gasteiger partial charge in [-0.1, -0.05) is 23.3 Å². The third-order valence-corrected chi connectivity index (χ3v) is 3.66. The second-order valence-electron chi connectivity index (χ2n) is 4.92. The number of benzene rings is 1. The molecule has 1 aromatic carbocycles. The number of anilines is 2. The summed E-state index contributed by atoms with van der Waals surface area (Å²) >= 11 is 0. The summed E-state index contributed by atoms with van der Waals surface area (Å²) in [5, 5.41) is 20.6. The monoisotopic (exact) mass is 299 g/mol. The Balaban J connectivity index is 2.07. The van der Waals surface area contributed by atoms with Crippen molar-refractivity contribution < 1.29 is 4.39 Å². The highest BCUT2D eigenvalue weighted by Crippen LogP contribution is 2.38. The van der Waals surface area contributed by atoms with E-state index in [1.807, 2.05) is 0 Å². The fourth-order valence-electron chi connectivity index (χ4n) is 2.68. The topological polar surface area (TPSA) is 101 Å². The van der Waals surface area contributed by atoms with E-state index in [1.165, 1.54) is 10.7 Å². The number of aryl methyl sites for hydroxylation is 1. The van der Waals surface area contributed by atoms with Gasteiger partial charge in [0.05, 0.1) is 5.69 Å². The van der Waals surface area contributed by atoms with Crippen LogP contribution in [0.5, 0.6) is 0 Å². The predicted octanol–water partition coefficient (Wildman–Crippen LogP) is 0.899. The van der Waals surface area contributed by atoms with Crippen molar-refractivity contribution in [3.8, 4) is 0 Å². The molecule has 0 fully saturated rings. The molecule has 0 radical (unpaired) electrons. The molecule has 1 atom stereocenters. The maximum absolute atomic E-state index is 14.3. The average Bonchev–Trinajstić information content (AvgIpc) is 2.98. The lowest BCUT2D eigenvalue weighted by Gasteiger charge is -2.27. The highest BCUT2D eigenvalue weighted by Gasteiger charge is 2.34.